The Bertz CT molecular complexity index is 621. The second-order valence-corrected chi connectivity index (χ2v) is 6.15. The third kappa shape index (κ3) is 2.98. The Balaban J connectivity index is 1.97. The number of hydrogen-bond donors (Lipinski definition) is 0. The van der Waals surface area contributed by atoms with E-state index in [1.807, 2.05) is 0 Å². The minimum Gasteiger partial charge on any atom is -0.482 e. The maximum Gasteiger partial charge on any atom is 0.508 e. The van der Waals surface area contributed by atoms with E-state index in [0.29, 0.717) is 37.4 Å². The summed E-state index contributed by atoms with van der Waals surface area (Å²) in [5.74, 6) is 0.348. The van der Waals surface area contributed by atoms with Gasteiger partial charge in [-0.3, -0.25) is 0 Å². The lowest BCUT2D eigenvalue weighted by Gasteiger charge is -2.38. The van der Waals surface area contributed by atoms with Crippen LogP contribution in [0.1, 0.15) is 18.4 Å². The topological polar surface area (TPSA) is 44.8 Å². The molecule has 1 spiro atoms. The lowest BCUT2D eigenvalue weighted by Crippen LogP contribution is -2.42. The molecule has 0 aromatic heterocycles. The summed E-state index contributed by atoms with van der Waals surface area (Å²) < 4.78 is 64.7. The molecular formula is C14H13F3O4S. The van der Waals surface area contributed by atoms with Crippen molar-refractivity contribution in [1.82, 2.24) is 0 Å². The zero-order valence-corrected chi connectivity index (χ0v) is 12.2. The van der Waals surface area contributed by atoms with E-state index in [9.17, 15) is 17.4 Å². The van der Waals surface area contributed by atoms with Gasteiger partial charge in [-0.05, 0) is 12.1 Å². The molecule has 0 amide bonds. The van der Waals surface area contributed by atoms with Crippen LogP contribution in [0.15, 0.2) is 30.3 Å². The molecule has 8 heteroatoms. The molecule has 1 aromatic carbocycles. The van der Waals surface area contributed by atoms with Crippen LogP contribution < -0.4 is 4.74 Å². The van der Waals surface area contributed by atoms with Crippen molar-refractivity contribution >= 4 is 16.8 Å². The van der Waals surface area contributed by atoms with Crippen LogP contribution in [-0.2, 0) is 20.0 Å². The number of para-hydroxylation sites is 1. The van der Waals surface area contributed by atoms with Gasteiger partial charge in [-0.25, -0.2) is 4.21 Å². The van der Waals surface area contributed by atoms with Crippen LogP contribution in [-0.4, -0.2) is 28.5 Å². The van der Waals surface area contributed by atoms with Crippen molar-refractivity contribution in [3.8, 4) is 5.75 Å². The minimum atomic E-state index is -4.93. The molecule has 1 saturated heterocycles. The second-order valence-electron chi connectivity index (χ2n) is 5.05. The van der Waals surface area contributed by atoms with E-state index in [0.717, 1.165) is 0 Å². The van der Waals surface area contributed by atoms with Crippen LogP contribution in [0, 0.1) is 0 Å². The quantitative estimate of drug-likeness (QED) is 0.833. The fourth-order valence-electron chi connectivity index (χ4n) is 2.49. The first-order valence-corrected chi connectivity index (χ1v) is 7.73. The fraction of sp³-hybridized carbons (Fsp3) is 0.429. The molecule has 3 rings (SSSR count). The van der Waals surface area contributed by atoms with Crippen molar-refractivity contribution in [2.45, 2.75) is 24.0 Å². The largest absolute Gasteiger partial charge is 0.508 e. The van der Waals surface area contributed by atoms with Gasteiger partial charge in [-0.1, -0.05) is 12.1 Å². The first-order chi connectivity index (χ1) is 10.4. The van der Waals surface area contributed by atoms with Crippen LogP contribution in [0.3, 0.4) is 0 Å². The molecule has 1 aromatic rings. The Morgan fingerprint density at radius 2 is 1.86 bits per heavy atom. The van der Waals surface area contributed by atoms with Crippen molar-refractivity contribution in [1.29, 1.82) is 0 Å². The average Bonchev–Trinajstić information content (AvgIpc) is 2.47. The van der Waals surface area contributed by atoms with E-state index in [4.69, 9.17) is 13.7 Å². The first-order valence-electron chi connectivity index (χ1n) is 6.66. The minimum absolute atomic E-state index is 0.0700. The van der Waals surface area contributed by atoms with Gasteiger partial charge in [0, 0.05) is 18.9 Å². The summed E-state index contributed by atoms with van der Waals surface area (Å²) in [6.45, 7) is 0.878. The normalized spacial score (nSPS) is 21.5. The predicted octanol–water partition coefficient (Wildman–Crippen LogP) is 3.17. The summed E-state index contributed by atoms with van der Waals surface area (Å²) in [7, 11) is 0. The Morgan fingerprint density at radius 3 is 2.55 bits per heavy atom. The highest BCUT2D eigenvalue weighted by Gasteiger charge is 2.43. The van der Waals surface area contributed by atoms with Gasteiger partial charge in [0.25, 0.3) is 0 Å². The summed E-state index contributed by atoms with van der Waals surface area (Å²) in [5, 5.41) is 0. The van der Waals surface area contributed by atoms with Crippen molar-refractivity contribution in [2.24, 2.45) is 0 Å². The molecule has 0 aliphatic carbocycles. The molecule has 1 fully saturated rings. The van der Waals surface area contributed by atoms with Gasteiger partial charge in [0.2, 0.25) is 0 Å². The lowest BCUT2D eigenvalue weighted by atomic mass is 9.90. The summed E-state index contributed by atoms with van der Waals surface area (Å²) in [6, 6.07) is 6.59. The van der Waals surface area contributed by atoms with Gasteiger partial charge in [0.05, 0.1) is 18.8 Å². The van der Waals surface area contributed by atoms with Gasteiger partial charge in [0.1, 0.15) is 11.4 Å². The summed E-state index contributed by atoms with van der Waals surface area (Å²) in [5.41, 5.74) is -5.36. The third-order valence-corrected chi connectivity index (χ3v) is 4.26. The average molecular weight is 334 g/mol. The molecule has 0 bridgehead atoms. The molecule has 1 unspecified atom stereocenters. The monoisotopic (exact) mass is 334 g/mol. The van der Waals surface area contributed by atoms with Crippen molar-refractivity contribution in [3.05, 3.63) is 35.9 Å². The molecule has 1 atom stereocenters. The van der Waals surface area contributed by atoms with E-state index in [-0.39, 0.29) is 5.76 Å². The molecule has 2 heterocycles. The Morgan fingerprint density at radius 1 is 1.18 bits per heavy atom. The summed E-state index contributed by atoms with van der Waals surface area (Å²) in [4.78, 5) is 0. The van der Waals surface area contributed by atoms with Gasteiger partial charge >= 0.3 is 16.6 Å². The SMILES string of the molecule is O=S(OC1=CC2(CCOCC2)Oc2ccccc21)C(F)(F)F. The van der Waals surface area contributed by atoms with Crippen LogP contribution in [0.4, 0.5) is 13.2 Å². The van der Waals surface area contributed by atoms with Crippen molar-refractivity contribution in [3.63, 3.8) is 0 Å². The first kappa shape index (κ1) is 15.4. The summed E-state index contributed by atoms with van der Waals surface area (Å²) >= 11 is -3.42. The molecule has 2 aliphatic rings. The van der Waals surface area contributed by atoms with E-state index in [1.165, 1.54) is 6.08 Å². The number of alkyl halides is 3. The van der Waals surface area contributed by atoms with Crippen LogP contribution in [0.5, 0.6) is 5.75 Å². The highest BCUT2D eigenvalue weighted by molar-refractivity contribution is 7.81. The molecule has 0 radical (unpaired) electrons. The van der Waals surface area contributed by atoms with Gasteiger partial charge in [0.15, 0.2) is 5.76 Å². The fourth-order valence-corrected chi connectivity index (χ4v) is 2.88. The Labute approximate surface area is 127 Å². The van der Waals surface area contributed by atoms with E-state index >= 15 is 0 Å². The lowest BCUT2D eigenvalue weighted by molar-refractivity contribution is -0.0450. The van der Waals surface area contributed by atoms with Gasteiger partial charge < -0.3 is 13.7 Å². The molecule has 4 nitrogen and oxygen atoms in total. The number of hydrogen-bond acceptors (Lipinski definition) is 4. The van der Waals surface area contributed by atoms with E-state index < -0.39 is 22.2 Å². The predicted molar refractivity (Wildman–Crippen MR) is 73.1 cm³/mol. The van der Waals surface area contributed by atoms with Crippen LogP contribution in [0.25, 0.3) is 5.76 Å². The smallest absolute Gasteiger partial charge is 0.482 e. The Kier molecular flexibility index (Phi) is 3.90. The molecule has 2 aliphatic heterocycles. The van der Waals surface area contributed by atoms with Crippen LogP contribution in [0.2, 0.25) is 0 Å². The van der Waals surface area contributed by atoms with Crippen LogP contribution >= 0.6 is 0 Å². The standard InChI is InChI=1S/C14H13F3O4S/c15-14(16,17)22(18)21-12-9-13(5-7-19-8-6-13)20-11-4-2-1-3-10(11)12/h1-4,9H,5-8H2. The molecule has 22 heavy (non-hydrogen) atoms. The highest BCUT2D eigenvalue weighted by atomic mass is 32.2. The number of halogens is 3. The Hall–Kier alpha value is -1.54. The van der Waals surface area contributed by atoms with E-state index in [1.54, 1.807) is 24.3 Å². The van der Waals surface area contributed by atoms with Crippen molar-refractivity contribution < 1.29 is 31.0 Å². The second kappa shape index (κ2) is 5.58. The zero-order chi connectivity index (χ0) is 15.8. The third-order valence-electron chi connectivity index (χ3n) is 3.55. The summed E-state index contributed by atoms with van der Waals surface area (Å²) in [6.07, 6.45) is 2.47. The van der Waals surface area contributed by atoms with E-state index in [2.05, 4.69) is 0 Å². The maximum atomic E-state index is 12.5. The number of fused-ring (bicyclic) bond motifs is 1. The molecule has 0 N–H and O–H groups in total. The zero-order valence-electron chi connectivity index (χ0n) is 11.4. The number of rotatable bonds is 2. The van der Waals surface area contributed by atoms with Gasteiger partial charge in [-0.2, -0.15) is 13.2 Å². The highest BCUT2D eigenvalue weighted by Crippen LogP contribution is 2.42. The maximum absolute atomic E-state index is 12.5. The van der Waals surface area contributed by atoms with Gasteiger partial charge in [-0.15, -0.1) is 0 Å². The molecular weight excluding hydrogens is 321 g/mol. The molecule has 0 saturated carbocycles. The number of benzene rings is 1. The number of ether oxygens (including phenoxy) is 2. The molecule has 120 valence electrons. The van der Waals surface area contributed by atoms with Crippen molar-refractivity contribution in [2.75, 3.05) is 13.2 Å².